The van der Waals surface area contributed by atoms with Gasteiger partial charge < -0.3 is 20.3 Å². The van der Waals surface area contributed by atoms with E-state index in [-0.39, 0.29) is 11.6 Å². The first-order valence-corrected chi connectivity index (χ1v) is 11.2. The van der Waals surface area contributed by atoms with Gasteiger partial charge in [0.1, 0.15) is 22.9 Å². The van der Waals surface area contributed by atoms with Crippen LogP contribution in [0.5, 0.6) is 11.5 Å². The SMILES string of the molecule is C=CC(=O)N1CCN(c2nccn3c(C(N)=O)c(-c4ccc(Oc5ccccc5)cc4)nc23)CC1. The molecular weight excluding hydrogens is 444 g/mol. The first-order valence-electron chi connectivity index (χ1n) is 11.2. The van der Waals surface area contributed by atoms with Crippen LogP contribution in [0.25, 0.3) is 16.9 Å². The van der Waals surface area contributed by atoms with Crippen LogP contribution < -0.4 is 15.4 Å². The molecule has 1 saturated heterocycles. The Labute approximate surface area is 202 Å². The Balaban J connectivity index is 1.47. The quantitative estimate of drug-likeness (QED) is 0.436. The van der Waals surface area contributed by atoms with E-state index in [1.54, 1.807) is 21.7 Å². The Morgan fingerprint density at radius 1 is 0.971 bits per heavy atom. The monoisotopic (exact) mass is 468 g/mol. The highest BCUT2D eigenvalue weighted by molar-refractivity contribution is 5.99. The summed E-state index contributed by atoms with van der Waals surface area (Å²) >= 11 is 0. The molecule has 0 atom stereocenters. The summed E-state index contributed by atoms with van der Waals surface area (Å²) in [6, 6.07) is 16.8. The minimum absolute atomic E-state index is 0.0883. The third kappa shape index (κ3) is 4.31. The number of amides is 2. The van der Waals surface area contributed by atoms with Gasteiger partial charge in [0, 0.05) is 44.1 Å². The largest absolute Gasteiger partial charge is 0.457 e. The molecule has 35 heavy (non-hydrogen) atoms. The zero-order valence-electron chi connectivity index (χ0n) is 19.0. The lowest BCUT2D eigenvalue weighted by atomic mass is 10.1. The van der Waals surface area contributed by atoms with Gasteiger partial charge in [-0.2, -0.15) is 0 Å². The number of benzene rings is 2. The van der Waals surface area contributed by atoms with Crippen LogP contribution in [0.3, 0.4) is 0 Å². The summed E-state index contributed by atoms with van der Waals surface area (Å²) in [5.74, 6) is 1.36. The van der Waals surface area contributed by atoms with Crippen LogP contribution in [0.1, 0.15) is 10.5 Å². The molecule has 0 spiro atoms. The number of aromatic nitrogens is 3. The maximum atomic E-state index is 12.5. The number of para-hydroxylation sites is 1. The van der Waals surface area contributed by atoms with E-state index in [4.69, 9.17) is 15.5 Å². The van der Waals surface area contributed by atoms with Crippen LogP contribution in [-0.2, 0) is 4.79 Å². The molecule has 0 radical (unpaired) electrons. The molecule has 2 aromatic heterocycles. The second-order valence-corrected chi connectivity index (χ2v) is 8.07. The van der Waals surface area contributed by atoms with Gasteiger partial charge in [-0.3, -0.25) is 14.0 Å². The van der Waals surface area contributed by atoms with Crippen molar-refractivity contribution in [3.8, 4) is 22.8 Å². The molecule has 0 bridgehead atoms. The van der Waals surface area contributed by atoms with Crippen LogP contribution in [0.15, 0.2) is 79.6 Å². The third-order valence-electron chi connectivity index (χ3n) is 5.93. The smallest absolute Gasteiger partial charge is 0.268 e. The minimum atomic E-state index is -0.587. The van der Waals surface area contributed by atoms with E-state index in [0.29, 0.717) is 49.1 Å². The summed E-state index contributed by atoms with van der Waals surface area (Å²) in [5.41, 5.74) is 7.79. The van der Waals surface area contributed by atoms with Gasteiger partial charge in [0.05, 0.1) is 0 Å². The summed E-state index contributed by atoms with van der Waals surface area (Å²) in [7, 11) is 0. The fourth-order valence-corrected chi connectivity index (χ4v) is 4.20. The number of nitrogens with two attached hydrogens (primary N) is 1. The van der Waals surface area contributed by atoms with E-state index in [2.05, 4.69) is 16.5 Å². The minimum Gasteiger partial charge on any atom is -0.457 e. The first-order chi connectivity index (χ1) is 17.0. The molecular formula is C26H24N6O3. The zero-order valence-corrected chi connectivity index (χ0v) is 19.0. The Morgan fingerprint density at radius 2 is 1.66 bits per heavy atom. The number of anilines is 1. The number of hydrogen-bond acceptors (Lipinski definition) is 6. The van der Waals surface area contributed by atoms with Crippen LogP contribution in [-0.4, -0.2) is 57.3 Å². The van der Waals surface area contributed by atoms with Crippen molar-refractivity contribution in [3.05, 3.63) is 85.3 Å². The van der Waals surface area contributed by atoms with Crippen LogP contribution in [0.2, 0.25) is 0 Å². The summed E-state index contributed by atoms with van der Waals surface area (Å²) in [6.45, 7) is 5.83. The molecule has 5 rings (SSSR count). The van der Waals surface area contributed by atoms with Crippen molar-refractivity contribution in [2.45, 2.75) is 0 Å². The van der Waals surface area contributed by atoms with Crippen LogP contribution in [0.4, 0.5) is 5.82 Å². The zero-order chi connectivity index (χ0) is 24.4. The lowest BCUT2D eigenvalue weighted by Crippen LogP contribution is -2.48. The number of carbonyl (C=O) groups excluding carboxylic acids is 2. The third-order valence-corrected chi connectivity index (χ3v) is 5.93. The molecule has 1 fully saturated rings. The molecule has 1 aliphatic heterocycles. The van der Waals surface area contributed by atoms with E-state index in [9.17, 15) is 9.59 Å². The summed E-state index contributed by atoms with van der Waals surface area (Å²) in [4.78, 5) is 37.5. The Hall–Kier alpha value is -4.66. The average Bonchev–Trinajstić information content (AvgIpc) is 3.29. The molecule has 4 aromatic rings. The molecule has 0 saturated carbocycles. The fraction of sp³-hybridized carbons (Fsp3) is 0.154. The summed E-state index contributed by atoms with van der Waals surface area (Å²) < 4.78 is 7.55. The maximum Gasteiger partial charge on any atom is 0.268 e. The number of nitrogens with zero attached hydrogens (tertiary/aromatic N) is 5. The fourth-order valence-electron chi connectivity index (χ4n) is 4.20. The van der Waals surface area contributed by atoms with Gasteiger partial charge in [0.25, 0.3) is 5.91 Å². The van der Waals surface area contributed by atoms with E-state index in [1.165, 1.54) is 6.08 Å². The predicted molar refractivity (Wildman–Crippen MR) is 132 cm³/mol. The number of piperazine rings is 1. The average molecular weight is 469 g/mol. The number of hydrogen-bond donors (Lipinski definition) is 1. The second kappa shape index (κ2) is 9.30. The molecule has 176 valence electrons. The molecule has 2 aromatic carbocycles. The topological polar surface area (TPSA) is 106 Å². The van der Waals surface area contributed by atoms with E-state index >= 15 is 0 Å². The van der Waals surface area contributed by atoms with E-state index in [1.807, 2.05) is 54.6 Å². The van der Waals surface area contributed by atoms with Crippen molar-refractivity contribution in [2.75, 3.05) is 31.1 Å². The van der Waals surface area contributed by atoms with Crippen molar-refractivity contribution >= 4 is 23.3 Å². The summed E-state index contributed by atoms with van der Waals surface area (Å²) in [5, 5.41) is 0. The van der Waals surface area contributed by atoms with Crippen LogP contribution in [0, 0.1) is 0 Å². The normalized spacial score (nSPS) is 13.6. The Kier molecular flexibility index (Phi) is 5.88. The van der Waals surface area contributed by atoms with Gasteiger partial charge in [-0.15, -0.1) is 0 Å². The highest BCUT2D eigenvalue weighted by Crippen LogP contribution is 2.30. The second-order valence-electron chi connectivity index (χ2n) is 8.07. The molecule has 1 aliphatic rings. The lowest BCUT2D eigenvalue weighted by Gasteiger charge is -2.34. The Morgan fingerprint density at radius 3 is 2.31 bits per heavy atom. The number of fused-ring (bicyclic) bond motifs is 1. The van der Waals surface area contributed by atoms with Crippen molar-refractivity contribution < 1.29 is 14.3 Å². The molecule has 9 nitrogen and oxygen atoms in total. The van der Waals surface area contributed by atoms with Gasteiger partial charge >= 0.3 is 0 Å². The molecule has 9 heteroatoms. The molecule has 3 heterocycles. The number of ether oxygens (including phenoxy) is 1. The van der Waals surface area contributed by atoms with Crippen molar-refractivity contribution in [3.63, 3.8) is 0 Å². The highest BCUT2D eigenvalue weighted by Gasteiger charge is 2.26. The van der Waals surface area contributed by atoms with Crippen LogP contribution >= 0.6 is 0 Å². The number of carbonyl (C=O) groups is 2. The van der Waals surface area contributed by atoms with Crippen molar-refractivity contribution in [1.82, 2.24) is 19.3 Å². The maximum absolute atomic E-state index is 12.5. The van der Waals surface area contributed by atoms with Gasteiger partial charge in [0.2, 0.25) is 5.91 Å². The number of imidazole rings is 1. The highest BCUT2D eigenvalue weighted by atomic mass is 16.5. The molecule has 2 N–H and O–H groups in total. The van der Waals surface area contributed by atoms with E-state index < -0.39 is 5.91 Å². The molecule has 0 unspecified atom stereocenters. The lowest BCUT2D eigenvalue weighted by molar-refractivity contribution is -0.126. The standard InChI is InChI=1S/C26H24N6O3/c1-2-21(33)30-14-16-31(17-15-30)25-26-29-22(23(24(27)34)32(26)13-12-28-25)18-8-10-20(11-9-18)35-19-6-4-3-5-7-19/h2-13H,1,14-17H2,(H2,27,34). The van der Waals surface area contributed by atoms with Gasteiger partial charge in [-0.05, 0) is 42.5 Å². The first kappa shape index (κ1) is 22.1. The Bertz CT molecular complexity index is 1390. The number of primary amides is 1. The van der Waals surface area contributed by atoms with Gasteiger partial charge in [-0.1, -0.05) is 24.8 Å². The van der Waals surface area contributed by atoms with Crippen molar-refractivity contribution in [2.24, 2.45) is 5.73 Å². The van der Waals surface area contributed by atoms with Crippen molar-refractivity contribution in [1.29, 1.82) is 0 Å². The molecule has 0 aliphatic carbocycles. The number of rotatable bonds is 6. The predicted octanol–water partition coefficient (Wildman–Crippen LogP) is 3.12. The van der Waals surface area contributed by atoms with Gasteiger partial charge in [0.15, 0.2) is 11.5 Å². The summed E-state index contributed by atoms with van der Waals surface area (Å²) in [6.07, 6.45) is 4.63. The molecule has 2 amide bonds. The van der Waals surface area contributed by atoms with Gasteiger partial charge in [-0.25, -0.2) is 9.97 Å². The van der Waals surface area contributed by atoms with E-state index in [0.717, 1.165) is 11.3 Å².